The number of rotatable bonds is 5. The second-order valence-electron chi connectivity index (χ2n) is 4.29. The molecule has 20 heavy (non-hydrogen) atoms. The van der Waals surface area contributed by atoms with Crippen LogP contribution in [0.15, 0.2) is 36.4 Å². The number of halogens is 1. The highest BCUT2D eigenvalue weighted by Gasteiger charge is 2.24. The minimum absolute atomic E-state index is 0.229. The number of carbonyl (C=O) groups is 1. The van der Waals surface area contributed by atoms with Crippen LogP contribution < -0.4 is 4.74 Å². The average Bonchev–Trinajstić information content (AvgIpc) is 2.85. The molecule has 106 valence electrons. The Bertz CT molecular complexity index is 594. The maximum Gasteiger partial charge on any atom is 0.317 e. The topological polar surface area (TPSA) is 35.5 Å². The number of esters is 1. The Morgan fingerprint density at radius 3 is 2.75 bits per heavy atom. The molecule has 0 aliphatic rings. The van der Waals surface area contributed by atoms with Gasteiger partial charge in [-0.15, -0.1) is 11.3 Å². The monoisotopic (exact) mass is 310 g/mol. The number of hydrogen-bond donors (Lipinski definition) is 0. The molecule has 0 radical (unpaired) electrons. The Morgan fingerprint density at radius 1 is 1.35 bits per heavy atom. The highest BCUT2D eigenvalue weighted by atomic mass is 35.5. The first kappa shape index (κ1) is 14.9. The third kappa shape index (κ3) is 3.74. The number of methoxy groups -OCH3 is 1. The van der Waals surface area contributed by atoms with Crippen LogP contribution in [0.25, 0.3) is 0 Å². The lowest BCUT2D eigenvalue weighted by Gasteiger charge is -2.14. The van der Waals surface area contributed by atoms with Crippen LogP contribution in [0.4, 0.5) is 0 Å². The van der Waals surface area contributed by atoms with Gasteiger partial charge in [-0.1, -0.05) is 17.7 Å². The van der Waals surface area contributed by atoms with E-state index in [1.807, 2.05) is 19.1 Å². The first-order valence-electron chi connectivity index (χ1n) is 6.12. The zero-order valence-corrected chi connectivity index (χ0v) is 12.8. The molecule has 1 aromatic heterocycles. The van der Waals surface area contributed by atoms with E-state index in [1.165, 1.54) is 7.11 Å². The van der Waals surface area contributed by atoms with Crippen LogP contribution in [-0.2, 0) is 9.53 Å². The summed E-state index contributed by atoms with van der Waals surface area (Å²) < 4.78 is 10.5. The van der Waals surface area contributed by atoms with Gasteiger partial charge in [0, 0.05) is 14.8 Å². The molecule has 3 nitrogen and oxygen atoms in total. The van der Waals surface area contributed by atoms with Gasteiger partial charge in [0.15, 0.2) is 0 Å². The van der Waals surface area contributed by atoms with E-state index in [2.05, 4.69) is 0 Å². The molecule has 2 aromatic rings. The van der Waals surface area contributed by atoms with Gasteiger partial charge in [-0.3, -0.25) is 4.79 Å². The van der Waals surface area contributed by atoms with Gasteiger partial charge >= 0.3 is 5.97 Å². The van der Waals surface area contributed by atoms with E-state index in [-0.39, 0.29) is 12.6 Å². The van der Waals surface area contributed by atoms with Crippen molar-refractivity contribution >= 4 is 28.9 Å². The summed E-state index contributed by atoms with van der Waals surface area (Å²) >= 11 is 7.47. The van der Waals surface area contributed by atoms with Gasteiger partial charge in [0.1, 0.15) is 18.3 Å². The fraction of sp³-hybridized carbons (Fsp3) is 0.267. The fourth-order valence-electron chi connectivity index (χ4n) is 1.79. The number of ether oxygens (including phenoxy) is 2. The van der Waals surface area contributed by atoms with Gasteiger partial charge in [-0.25, -0.2) is 0 Å². The Morgan fingerprint density at radius 2 is 2.15 bits per heavy atom. The van der Waals surface area contributed by atoms with Gasteiger partial charge in [-0.05, 0) is 37.3 Å². The molecule has 0 amide bonds. The summed E-state index contributed by atoms with van der Waals surface area (Å²) in [5.41, 5.74) is 0. The first-order chi connectivity index (χ1) is 9.60. The summed E-state index contributed by atoms with van der Waals surface area (Å²) in [7, 11) is 1.38. The van der Waals surface area contributed by atoms with Gasteiger partial charge < -0.3 is 9.47 Å². The van der Waals surface area contributed by atoms with E-state index in [0.29, 0.717) is 10.8 Å². The molecule has 1 unspecified atom stereocenters. The summed E-state index contributed by atoms with van der Waals surface area (Å²) in [4.78, 5) is 14.0. The van der Waals surface area contributed by atoms with Gasteiger partial charge in [-0.2, -0.15) is 0 Å². The number of hydrogen-bond acceptors (Lipinski definition) is 4. The van der Waals surface area contributed by atoms with E-state index in [9.17, 15) is 4.79 Å². The normalized spacial score (nSPS) is 11.9. The highest BCUT2D eigenvalue weighted by molar-refractivity contribution is 7.12. The van der Waals surface area contributed by atoms with Crippen LogP contribution in [0.5, 0.6) is 5.75 Å². The SMILES string of the molecule is COC(=O)C(COc1cccc(Cl)c1)c1ccc(C)s1. The van der Waals surface area contributed by atoms with Gasteiger partial charge in [0.05, 0.1) is 7.11 Å². The molecule has 0 saturated carbocycles. The van der Waals surface area contributed by atoms with Crippen molar-refractivity contribution in [1.82, 2.24) is 0 Å². The maximum absolute atomic E-state index is 11.9. The van der Waals surface area contributed by atoms with Crippen molar-refractivity contribution in [2.75, 3.05) is 13.7 Å². The molecule has 0 aliphatic carbocycles. The molecule has 0 spiro atoms. The summed E-state index contributed by atoms with van der Waals surface area (Å²) in [6.07, 6.45) is 0. The Hall–Kier alpha value is -1.52. The van der Waals surface area contributed by atoms with Crippen molar-refractivity contribution in [2.45, 2.75) is 12.8 Å². The van der Waals surface area contributed by atoms with Crippen LogP contribution in [0, 0.1) is 6.92 Å². The molecule has 1 atom stereocenters. The molecule has 0 aliphatic heterocycles. The predicted molar refractivity (Wildman–Crippen MR) is 80.8 cm³/mol. The lowest BCUT2D eigenvalue weighted by Crippen LogP contribution is -2.20. The van der Waals surface area contributed by atoms with E-state index >= 15 is 0 Å². The molecular weight excluding hydrogens is 296 g/mol. The molecular formula is C15H15ClO3S. The Labute approximate surface area is 127 Å². The summed E-state index contributed by atoms with van der Waals surface area (Å²) in [5.74, 6) is -0.0776. The number of benzene rings is 1. The molecule has 2 rings (SSSR count). The second kappa shape index (κ2) is 6.77. The van der Waals surface area contributed by atoms with Gasteiger partial charge in [0.25, 0.3) is 0 Å². The summed E-state index contributed by atoms with van der Waals surface area (Å²) in [5, 5.41) is 0.601. The third-order valence-corrected chi connectivity index (χ3v) is 4.15. The van der Waals surface area contributed by atoms with Crippen molar-refractivity contribution in [3.63, 3.8) is 0 Å². The van der Waals surface area contributed by atoms with E-state index in [4.69, 9.17) is 21.1 Å². The lowest BCUT2D eigenvalue weighted by atomic mass is 10.1. The fourth-order valence-corrected chi connectivity index (χ4v) is 2.92. The maximum atomic E-state index is 11.9. The van der Waals surface area contributed by atoms with Crippen molar-refractivity contribution in [2.24, 2.45) is 0 Å². The third-order valence-electron chi connectivity index (χ3n) is 2.80. The quantitative estimate of drug-likeness (QED) is 0.782. The number of thiophene rings is 1. The lowest BCUT2D eigenvalue weighted by molar-refractivity contribution is -0.143. The predicted octanol–water partition coefficient (Wildman–Crippen LogP) is 4.05. The average molecular weight is 311 g/mol. The Balaban J connectivity index is 2.11. The van der Waals surface area contributed by atoms with E-state index in [1.54, 1.807) is 35.6 Å². The number of carbonyl (C=O) groups excluding carboxylic acids is 1. The zero-order valence-electron chi connectivity index (χ0n) is 11.3. The first-order valence-corrected chi connectivity index (χ1v) is 7.32. The van der Waals surface area contributed by atoms with Crippen LogP contribution in [0.3, 0.4) is 0 Å². The van der Waals surface area contributed by atoms with Crippen molar-refractivity contribution in [3.8, 4) is 5.75 Å². The molecule has 5 heteroatoms. The molecule has 0 bridgehead atoms. The van der Waals surface area contributed by atoms with Gasteiger partial charge in [0.2, 0.25) is 0 Å². The second-order valence-corrected chi connectivity index (χ2v) is 6.05. The minimum Gasteiger partial charge on any atom is -0.492 e. The molecule has 0 fully saturated rings. The smallest absolute Gasteiger partial charge is 0.317 e. The standard InChI is InChI=1S/C15H15ClO3S/c1-10-6-7-14(20-10)13(15(17)18-2)9-19-12-5-3-4-11(16)8-12/h3-8,13H,9H2,1-2H3. The van der Waals surface area contributed by atoms with Crippen LogP contribution in [0.2, 0.25) is 5.02 Å². The molecule has 0 saturated heterocycles. The van der Waals surface area contributed by atoms with Crippen LogP contribution in [0.1, 0.15) is 15.7 Å². The van der Waals surface area contributed by atoms with E-state index < -0.39 is 5.92 Å². The Kier molecular flexibility index (Phi) is 5.04. The van der Waals surface area contributed by atoms with Crippen molar-refractivity contribution < 1.29 is 14.3 Å². The zero-order chi connectivity index (χ0) is 14.5. The highest BCUT2D eigenvalue weighted by Crippen LogP contribution is 2.27. The summed E-state index contributed by atoms with van der Waals surface area (Å²) in [6, 6.07) is 11.0. The minimum atomic E-state index is -0.419. The molecule has 1 aromatic carbocycles. The van der Waals surface area contributed by atoms with Crippen LogP contribution >= 0.6 is 22.9 Å². The van der Waals surface area contributed by atoms with Crippen LogP contribution in [-0.4, -0.2) is 19.7 Å². The molecule has 0 N–H and O–H groups in total. The number of aryl methyl sites for hydroxylation is 1. The van der Waals surface area contributed by atoms with Crippen molar-refractivity contribution in [3.05, 3.63) is 51.2 Å². The summed E-state index contributed by atoms with van der Waals surface area (Å²) in [6.45, 7) is 2.23. The molecule has 1 heterocycles. The van der Waals surface area contributed by atoms with E-state index in [0.717, 1.165) is 9.75 Å². The largest absolute Gasteiger partial charge is 0.492 e. The van der Waals surface area contributed by atoms with Crippen molar-refractivity contribution in [1.29, 1.82) is 0 Å².